The second-order valence-corrected chi connectivity index (χ2v) is 6.94. The number of nitrogens with zero attached hydrogens (tertiary/aromatic N) is 3. The fraction of sp³-hybridized carbons (Fsp3) is 0.667. The number of hydrogen-bond donors (Lipinski definition) is 0. The van der Waals surface area contributed by atoms with Gasteiger partial charge >= 0.3 is 0 Å². The normalized spacial score (nSPS) is 31.0. The van der Waals surface area contributed by atoms with Crippen LogP contribution < -0.4 is 0 Å². The van der Waals surface area contributed by atoms with Crippen LogP contribution >= 0.6 is 0 Å². The molecule has 1 aromatic rings. The summed E-state index contributed by atoms with van der Waals surface area (Å²) in [5.74, 6) is 0.315. The van der Waals surface area contributed by atoms with Crippen molar-refractivity contribution in [1.29, 1.82) is 0 Å². The summed E-state index contributed by atoms with van der Waals surface area (Å²) in [5, 5.41) is 0. The number of amides is 1. The van der Waals surface area contributed by atoms with Crippen molar-refractivity contribution in [2.75, 3.05) is 39.5 Å². The molecule has 6 heteroatoms. The first kappa shape index (κ1) is 16.0. The van der Waals surface area contributed by atoms with Gasteiger partial charge in [-0.15, -0.1) is 0 Å². The van der Waals surface area contributed by atoms with Gasteiger partial charge in [0.2, 0.25) is 5.91 Å². The van der Waals surface area contributed by atoms with Crippen LogP contribution in [0.25, 0.3) is 0 Å². The molecule has 0 aliphatic carbocycles. The summed E-state index contributed by atoms with van der Waals surface area (Å²) in [6.45, 7) is 5.41. The molecule has 1 amide bonds. The molecule has 4 rings (SSSR count). The number of carbonyl (C=O) groups is 1. The van der Waals surface area contributed by atoms with Gasteiger partial charge in [-0.2, -0.15) is 0 Å². The van der Waals surface area contributed by atoms with E-state index in [1.165, 1.54) is 5.56 Å². The smallest absolute Gasteiger partial charge is 0.228 e. The lowest BCUT2D eigenvalue weighted by Gasteiger charge is -2.47. The predicted molar refractivity (Wildman–Crippen MR) is 88.3 cm³/mol. The lowest BCUT2D eigenvalue weighted by molar-refractivity contribution is -0.147. The second-order valence-electron chi connectivity index (χ2n) is 6.94. The molecule has 3 fully saturated rings. The summed E-state index contributed by atoms with van der Waals surface area (Å²) in [7, 11) is 0. The zero-order valence-corrected chi connectivity index (χ0v) is 14.0. The van der Waals surface area contributed by atoms with E-state index in [9.17, 15) is 4.79 Å². The van der Waals surface area contributed by atoms with Crippen molar-refractivity contribution >= 4 is 5.91 Å². The first-order valence-electron chi connectivity index (χ1n) is 8.92. The molecule has 24 heavy (non-hydrogen) atoms. The number of likely N-dealkylation sites (tertiary alicyclic amines) is 1. The standard InChI is InChI=1S/C18H25N3O3/c22-18(15-4-8-23-13-15)21-6-3-17-16(12-21)20(7-9-24-17)11-14-2-1-5-19-10-14/h1-2,5,10,15-17H,3-4,6-9,11-13H2/t15-,16+,17+/m1/s1. The molecule has 0 spiro atoms. The van der Waals surface area contributed by atoms with Crippen molar-refractivity contribution in [3.05, 3.63) is 30.1 Å². The summed E-state index contributed by atoms with van der Waals surface area (Å²) >= 11 is 0. The van der Waals surface area contributed by atoms with E-state index >= 15 is 0 Å². The van der Waals surface area contributed by atoms with Crippen molar-refractivity contribution in [3.63, 3.8) is 0 Å². The first-order valence-corrected chi connectivity index (χ1v) is 8.92. The number of ether oxygens (including phenoxy) is 2. The summed E-state index contributed by atoms with van der Waals surface area (Å²) in [4.78, 5) is 21.4. The van der Waals surface area contributed by atoms with Crippen molar-refractivity contribution in [1.82, 2.24) is 14.8 Å². The number of piperidine rings is 1. The van der Waals surface area contributed by atoms with E-state index in [1.54, 1.807) is 6.20 Å². The van der Waals surface area contributed by atoms with Gasteiger partial charge in [-0.3, -0.25) is 14.7 Å². The molecule has 6 nitrogen and oxygen atoms in total. The highest BCUT2D eigenvalue weighted by Crippen LogP contribution is 2.26. The fourth-order valence-corrected chi connectivity index (χ4v) is 4.05. The van der Waals surface area contributed by atoms with E-state index in [-0.39, 0.29) is 24.0 Å². The van der Waals surface area contributed by atoms with Gasteiger partial charge in [-0.1, -0.05) is 6.07 Å². The zero-order chi connectivity index (χ0) is 16.4. The van der Waals surface area contributed by atoms with E-state index in [4.69, 9.17) is 9.47 Å². The van der Waals surface area contributed by atoms with Gasteiger partial charge in [-0.25, -0.2) is 0 Å². The van der Waals surface area contributed by atoms with Crippen molar-refractivity contribution < 1.29 is 14.3 Å². The van der Waals surface area contributed by atoms with Crippen LogP contribution in [0.3, 0.4) is 0 Å². The molecule has 1 aromatic heterocycles. The van der Waals surface area contributed by atoms with Crippen LogP contribution in [0.2, 0.25) is 0 Å². The molecule has 3 atom stereocenters. The monoisotopic (exact) mass is 331 g/mol. The molecule has 0 N–H and O–H groups in total. The van der Waals surface area contributed by atoms with E-state index in [0.717, 1.165) is 45.6 Å². The maximum atomic E-state index is 12.7. The quantitative estimate of drug-likeness (QED) is 0.824. The van der Waals surface area contributed by atoms with Crippen molar-refractivity contribution in [2.45, 2.75) is 31.5 Å². The number of morpholine rings is 1. The third kappa shape index (κ3) is 3.31. The molecule has 3 aliphatic rings. The number of rotatable bonds is 3. The van der Waals surface area contributed by atoms with Crippen molar-refractivity contribution in [2.24, 2.45) is 5.92 Å². The predicted octanol–water partition coefficient (Wildman–Crippen LogP) is 0.920. The Morgan fingerprint density at radius 3 is 3.04 bits per heavy atom. The minimum absolute atomic E-state index is 0.0535. The zero-order valence-electron chi connectivity index (χ0n) is 14.0. The van der Waals surface area contributed by atoms with Crippen LogP contribution in [0, 0.1) is 5.92 Å². The van der Waals surface area contributed by atoms with Gasteiger partial charge in [0.1, 0.15) is 0 Å². The number of carbonyl (C=O) groups excluding carboxylic acids is 1. The number of fused-ring (bicyclic) bond motifs is 1. The molecule has 0 unspecified atom stereocenters. The van der Waals surface area contributed by atoms with Crippen LogP contribution in [-0.4, -0.2) is 72.3 Å². The molecule has 0 saturated carbocycles. The summed E-state index contributed by atoms with van der Waals surface area (Å²) < 4.78 is 11.4. The number of hydrogen-bond acceptors (Lipinski definition) is 5. The van der Waals surface area contributed by atoms with Crippen molar-refractivity contribution in [3.8, 4) is 0 Å². The molecule has 0 aromatic carbocycles. The van der Waals surface area contributed by atoms with Gasteiger partial charge < -0.3 is 14.4 Å². The Morgan fingerprint density at radius 1 is 1.29 bits per heavy atom. The van der Waals surface area contributed by atoms with Gasteiger partial charge in [-0.05, 0) is 24.5 Å². The van der Waals surface area contributed by atoms with Gasteiger partial charge in [0.25, 0.3) is 0 Å². The fourth-order valence-electron chi connectivity index (χ4n) is 4.05. The first-order chi connectivity index (χ1) is 11.8. The number of pyridine rings is 1. The maximum Gasteiger partial charge on any atom is 0.228 e. The van der Waals surface area contributed by atoms with Crippen LogP contribution in [-0.2, 0) is 20.8 Å². The average Bonchev–Trinajstić information content (AvgIpc) is 3.17. The Labute approximate surface area is 142 Å². The maximum absolute atomic E-state index is 12.7. The molecule has 3 aliphatic heterocycles. The van der Waals surface area contributed by atoms with E-state index in [0.29, 0.717) is 13.2 Å². The van der Waals surface area contributed by atoms with Crippen LogP contribution in [0.4, 0.5) is 0 Å². The highest BCUT2D eigenvalue weighted by atomic mass is 16.5. The molecule has 3 saturated heterocycles. The molecule has 0 radical (unpaired) electrons. The van der Waals surface area contributed by atoms with Crippen LogP contribution in [0.15, 0.2) is 24.5 Å². The minimum Gasteiger partial charge on any atom is -0.381 e. The Kier molecular flexibility index (Phi) is 4.78. The van der Waals surface area contributed by atoms with E-state index in [1.807, 2.05) is 17.2 Å². The third-order valence-corrected chi connectivity index (χ3v) is 5.40. The molecular weight excluding hydrogens is 306 g/mol. The summed E-state index contributed by atoms with van der Waals surface area (Å²) in [6, 6.07) is 4.36. The third-order valence-electron chi connectivity index (χ3n) is 5.40. The lowest BCUT2D eigenvalue weighted by atomic mass is 9.96. The summed E-state index contributed by atoms with van der Waals surface area (Å²) in [5.41, 5.74) is 1.21. The van der Waals surface area contributed by atoms with E-state index in [2.05, 4.69) is 16.0 Å². The minimum atomic E-state index is 0.0535. The average molecular weight is 331 g/mol. The van der Waals surface area contributed by atoms with Gasteiger partial charge in [0, 0.05) is 45.2 Å². The second kappa shape index (κ2) is 7.17. The van der Waals surface area contributed by atoms with Gasteiger partial charge in [0.15, 0.2) is 0 Å². The largest absolute Gasteiger partial charge is 0.381 e. The van der Waals surface area contributed by atoms with Crippen LogP contribution in [0.1, 0.15) is 18.4 Å². The Bertz CT molecular complexity index is 562. The van der Waals surface area contributed by atoms with Gasteiger partial charge in [0.05, 0.1) is 31.3 Å². The molecule has 4 heterocycles. The molecule has 130 valence electrons. The highest BCUT2D eigenvalue weighted by molar-refractivity contribution is 5.79. The van der Waals surface area contributed by atoms with Crippen LogP contribution in [0.5, 0.6) is 0 Å². The Balaban J connectivity index is 1.44. The Hall–Kier alpha value is -1.50. The lowest BCUT2D eigenvalue weighted by Crippen LogP contribution is -2.61. The Morgan fingerprint density at radius 2 is 2.25 bits per heavy atom. The van der Waals surface area contributed by atoms with E-state index < -0.39 is 0 Å². The summed E-state index contributed by atoms with van der Waals surface area (Å²) in [6.07, 6.45) is 5.74. The molecule has 0 bridgehead atoms. The molecular formula is C18H25N3O3. The highest BCUT2D eigenvalue weighted by Gasteiger charge is 2.40. The number of aromatic nitrogens is 1. The topological polar surface area (TPSA) is 54.9 Å². The SMILES string of the molecule is O=C([C@@H]1CCOC1)N1CC[C@@H]2OCCN(Cc3cccnc3)[C@H]2C1.